The van der Waals surface area contributed by atoms with E-state index in [-0.39, 0.29) is 6.03 Å². The van der Waals surface area contributed by atoms with E-state index in [0.717, 1.165) is 26.1 Å². The van der Waals surface area contributed by atoms with Crippen molar-refractivity contribution >= 4 is 6.03 Å². The van der Waals surface area contributed by atoms with E-state index in [4.69, 9.17) is 0 Å². The fraction of sp³-hybridized carbons (Fsp3) is 0.733. The predicted octanol–water partition coefficient (Wildman–Crippen LogP) is 1.15. The maximum Gasteiger partial charge on any atom is 0.317 e. The van der Waals surface area contributed by atoms with Gasteiger partial charge in [-0.1, -0.05) is 6.42 Å². The van der Waals surface area contributed by atoms with Crippen molar-refractivity contribution in [1.29, 1.82) is 0 Å². The molecule has 0 aromatic carbocycles. The molecule has 21 heavy (non-hydrogen) atoms. The molecule has 2 fully saturated rings. The lowest BCUT2D eigenvalue weighted by Gasteiger charge is -2.32. The monoisotopic (exact) mass is 291 g/mol. The largest absolute Gasteiger partial charge is 0.336 e. The molecule has 1 aromatic rings. The number of amides is 2. The van der Waals surface area contributed by atoms with Gasteiger partial charge in [-0.25, -0.2) is 4.79 Å². The van der Waals surface area contributed by atoms with Gasteiger partial charge >= 0.3 is 6.03 Å². The molecule has 3 rings (SSSR count). The van der Waals surface area contributed by atoms with Crippen LogP contribution in [0.2, 0.25) is 0 Å². The first kappa shape index (κ1) is 14.4. The maximum atomic E-state index is 12.2. The average molecular weight is 291 g/mol. The third-order valence-corrected chi connectivity index (χ3v) is 4.53. The van der Waals surface area contributed by atoms with Crippen LogP contribution in [0, 0.1) is 0 Å². The third-order valence-electron chi connectivity index (χ3n) is 4.53. The van der Waals surface area contributed by atoms with Crippen molar-refractivity contribution < 1.29 is 4.79 Å². The Hall–Kier alpha value is -1.56. The number of rotatable bonds is 4. The number of nitrogens with one attached hydrogen (secondary N) is 1. The van der Waals surface area contributed by atoms with Crippen molar-refractivity contribution in [2.75, 3.05) is 32.7 Å². The Labute approximate surface area is 126 Å². The molecule has 116 valence electrons. The van der Waals surface area contributed by atoms with Gasteiger partial charge in [-0.3, -0.25) is 9.58 Å². The van der Waals surface area contributed by atoms with E-state index < -0.39 is 0 Å². The normalized spacial score (nSPS) is 23.4. The number of likely N-dealkylation sites (tertiary alicyclic amines) is 2. The number of hydrogen-bond donors (Lipinski definition) is 1. The lowest BCUT2D eigenvalue weighted by Crippen LogP contribution is -2.44. The first-order valence-electron chi connectivity index (χ1n) is 8.07. The van der Waals surface area contributed by atoms with Gasteiger partial charge in [0.1, 0.15) is 0 Å². The molecule has 0 saturated carbocycles. The molecule has 1 aromatic heterocycles. The highest BCUT2D eigenvalue weighted by Crippen LogP contribution is 2.20. The van der Waals surface area contributed by atoms with Crippen LogP contribution in [-0.4, -0.2) is 64.4 Å². The summed E-state index contributed by atoms with van der Waals surface area (Å²) in [6.07, 6.45) is 8.77. The Morgan fingerprint density at radius 2 is 2.10 bits per heavy atom. The molecule has 6 nitrogen and oxygen atoms in total. The molecule has 1 N–H and O–H groups in total. The summed E-state index contributed by atoms with van der Waals surface area (Å²) in [7, 11) is 0. The molecule has 2 saturated heterocycles. The quantitative estimate of drug-likeness (QED) is 0.905. The van der Waals surface area contributed by atoms with E-state index in [1.54, 1.807) is 6.20 Å². The zero-order valence-electron chi connectivity index (χ0n) is 12.6. The van der Waals surface area contributed by atoms with Crippen molar-refractivity contribution in [1.82, 2.24) is 24.9 Å². The van der Waals surface area contributed by atoms with Crippen molar-refractivity contribution in [3.05, 3.63) is 18.5 Å². The Bertz CT molecular complexity index is 441. The molecule has 3 heterocycles. The van der Waals surface area contributed by atoms with Gasteiger partial charge in [-0.2, -0.15) is 5.10 Å². The predicted molar refractivity (Wildman–Crippen MR) is 81.0 cm³/mol. The molecule has 2 aliphatic heterocycles. The van der Waals surface area contributed by atoms with E-state index in [2.05, 4.69) is 15.3 Å². The van der Waals surface area contributed by atoms with E-state index in [1.807, 2.05) is 21.8 Å². The third kappa shape index (κ3) is 3.75. The van der Waals surface area contributed by atoms with Crippen LogP contribution < -0.4 is 5.32 Å². The van der Waals surface area contributed by atoms with Crippen LogP contribution in [0.4, 0.5) is 4.79 Å². The SMILES string of the molecule is O=C(NCCn1cccn1)N1CC[C@H](N2CCCCC2)C1. The lowest BCUT2D eigenvalue weighted by molar-refractivity contribution is 0.161. The number of urea groups is 1. The summed E-state index contributed by atoms with van der Waals surface area (Å²) >= 11 is 0. The Kier molecular flexibility index (Phi) is 4.75. The molecule has 2 aliphatic rings. The second-order valence-corrected chi connectivity index (χ2v) is 5.99. The molecular weight excluding hydrogens is 266 g/mol. The van der Waals surface area contributed by atoms with E-state index >= 15 is 0 Å². The Morgan fingerprint density at radius 1 is 1.24 bits per heavy atom. The minimum Gasteiger partial charge on any atom is -0.336 e. The number of nitrogens with zero attached hydrogens (tertiary/aromatic N) is 4. The summed E-state index contributed by atoms with van der Waals surface area (Å²) in [6, 6.07) is 2.54. The number of hydrogen-bond acceptors (Lipinski definition) is 3. The molecule has 0 bridgehead atoms. The van der Waals surface area contributed by atoms with Gasteiger partial charge in [0, 0.05) is 38.1 Å². The summed E-state index contributed by atoms with van der Waals surface area (Å²) in [5.74, 6) is 0. The second-order valence-electron chi connectivity index (χ2n) is 5.99. The molecule has 0 spiro atoms. The van der Waals surface area contributed by atoms with Crippen molar-refractivity contribution in [3.63, 3.8) is 0 Å². The fourth-order valence-electron chi connectivity index (χ4n) is 3.33. The standard InChI is InChI=1S/C15H25N5O/c21-15(16-7-12-20-10-4-6-17-20)19-11-5-14(13-19)18-8-2-1-3-9-18/h4,6,10,14H,1-3,5,7-9,11-13H2,(H,16,21)/t14-/m0/s1. The smallest absolute Gasteiger partial charge is 0.317 e. The Morgan fingerprint density at radius 3 is 2.86 bits per heavy atom. The van der Waals surface area contributed by atoms with Gasteiger partial charge in [-0.05, 0) is 38.4 Å². The highest BCUT2D eigenvalue weighted by molar-refractivity contribution is 5.74. The topological polar surface area (TPSA) is 53.4 Å². The first-order valence-corrected chi connectivity index (χ1v) is 8.07. The van der Waals surface area contributed by atoms with Crippen LogP contribution in [0.25, 0.3) is 0 Å². The molecule has 1 atom stereocenters. The zero-order valence-corrected chi connectivity index (χ0v) is 12.6. The molecule has 0 radical (unpaired) electrons. The lowest BCUT2D eigenvalue weighted by atomic mass is 10.1. The van der Waals surface area contributed by atoms with Gasteiger partial charge in [0.2, 0.25) is 0 Å². The number of piperidine rings is 1. The average Bonchev–Trinajstić information content (AvgIpc) is 3.20. The highest BCUT2D eigenvalue weighted by Gasteiger charge is 2.30. The molecule has 2 amide bonds. The van der Waals surface area contributed by atoms with Crippen LogP contribution in [0.5, 0.6) is 0 Å². The van der Waals surface area contributed by atoms with Gasteiger partial charge in [-0.15, -0.1) is 0 Å². The summed E-state index contributed by atoms with van der Waals surface area (Å²) in [5, 5.41) is 7.12. The molecule has 0 unspecified atom stereocenters. The fourth-order valence-corrected chi connectivity index (χ4v) is 3.33. The van der Waals surface area contributed by atoms with Crippen molar-refractivity contribution in [2.24, 2.45) is 0 Å². The van der Waals surface area contributed by atoms with Crippen molar-refractivity contribution in [3.8, 4) is 0 Å². The van der Waals surface area contributed by atoms with Gasteiger partial charge in [0.05, 0.1) is 6.54 Å². The molecule has 0 aliphatic carbocycles. The van der Waals surface area contributed by atoms with Crippen LogP contribution >= 0.6 is 0 Å². The number of carbonyl (C=O) groups excluding carboxylic acids is 1. The van der Waals surface area contributed by atoms with E-state index in [0.29, 0.717) is 12.6 Å². The minimum atomic E-state index is 0.0710. The zero-order chi connectivity index (χ0) is 14.5. The van der Waals surface area contributed by atoms with E-state index in [9.17, 15) is 4.79 Å². The molecule has 6 heteroatoms. The van der Waals surface area contributed by atoms with Gasteiger partial charge < -0.3 is 10.2 Å². The number of carbonyl (C=O) groups is 1. The summed E-state index contributed by atoms with van der Waals surface area (Å²) in [6.45, 7) is 5.54. The summed E-state index contributed by atoms with van der Waals surface area (Å²) in [4.78, 5) is 16.7. The number of aromatic nitrogens is 2. The van der Waals surface area contributed by atoms with Crippen molar-refractivity contribution in [2.45, 2.75) is 38.3 Å². The molecular formula is C15H25N5O. The summed E-state index contributed by atoms with van der Waals surface area (Å²) in [5.41, 5.74) is 0. The van der Waals surface area contributed by atoms with Crippen LogP contribution in [0.15, 0.2) is 18.5 Å². The minimum absolute atomic E-state index is 0.0710. The first-order chi connectivity index (χ1) is 10.3. The Balaban J connectivity index is 1.39. The van der Waals surface area contributed by atoms with Crippen LogP contribution in [0.1, 0.15) is 25.7 Å². The van der Waals surface area contributed by atoms with Crippen LogP contribution in [-0.2, 0) is 6.54 Å². The van der Waals surface area contributed by atoms with Gasteiger partial charge in [0.15, 0.2) is 0 Å². The van der Waals surface area contributed by atoms with Gasteiger partial charge in [0.25, 0.3) is 0 Å². The maximum absolute atomic E-state index is 12.2. The summed E-state index contributed by atoms with van der Waals surface area (Å²) < 4.78 is 1.83. The highest BCUT2D eigenvalue weighted by atomic mass is 16.2. The van der Waals surface area contributed by atoms with Crippen LogP contribution in [0.3, 0.4) is 0 Å². The second kappa shape index (κ2) is 6.93. The van der Waals surface area contributed by atoms with E-state index in [1.165, 1.54) is 32.4 Å².